The standard InChI is InChI=1S/C19H25N3O3/c1-13-18(14(2)25-22-13)12-24-17-7-5-15(6-8-17)10-19(23)21-16-4-3-9-20-11-16/h5-8,16,20H,3-4,9-12H2,1-2H3,(H,21,23)/t16-/m0/s1. The van der Waals surface area contributed by atoms with Crippen molar-refractivity contribution in [1.29, 1.82) is 0 Å². The number of piperidine rings is 1. The normalized spacial score (nSPS) is 17.3. The minimum absolute atomic E-state index is 0.0677. The van der Waals surface area contributed by atoms with E-state index in [9.17, 15) is 4.79 Å². The molecule has 6 nitrogen and oxygen atoms in total. The summed E-state index contributed by atoms with van der Waals surface area (Å²) < 4.78 is 10.9. The summed E-state index contributed by atoms with van der Waals surface area (Å²) >= 11 is 0. The first-order chi connectivity index (χ1) is 12.1. The second kappa shape index (κ2) is 8.16. The number of nitrogens with one attached hydrogen (secondary N) is 2. The Kier molecular flexibility index (Phi) is 5.71. The van der Waals surface area contributed by atoms with Gasteiger partial charge in [0.25, 0.3) is 0 Å². The van der Waals surface area contributed by atoms with E-state index in [0.717, 1.165) is 54.3 Å². The molecule has 0 bridgehead atoms. The predicted octanol–water partition coefficient (Wildman–Crippen LogP) is 2.28. The minimum Gasteiger partial charge on any atom is -0.489 e. The van der Waals surface area contributed by atoms with Gasteiger partial charge in [0.1, 0.15) is 18.1 Å². The van der Waals surface area contributed by atoms with E-state index >= 15 is 0 Å². The zero-order valence-electron chi connectivity index (χ0n) is 14.8. The molecule has 1 aromatic heterocycles. The molecule has 2 heterocycles. The van der Waals surface area contributed by atoms with Crippen molar-refractivity contribution < 1.29 is 14.1 Å². The Morgan fingerprint density at radius 3 is 2.80 bits per heavy atom. The number of nitrogens with zero attached hydrogens (tertiary/aromatic N) is 1. The van der Waals surface area contributed by atoms with Gasteiger partial charge in [0.05, 0.1) is 17.7 Å². The van der Waals surface area contributed by atoms with Crippen LogP contribution in [0.2, 0.25) is 0 Å². The number of aromatic nitrogens is 1. The van der Waals surface area contributed by atoms with Crippen LogP contribution in [-0.2, 0) is 17.8 Å². The van der Waals surface area contributed by atoms with Crippen LogP contribution in [0.4, 0.5) is 0 Å². The van der Waals surface area contributed by atoms with E-state index in [-0.39, 0.29) is 11.9 Å². The number of benzene rings is 1. The van der Waals surface area contributed by atoms with Crippen molar-refractivity contribution in [3.8, 4) is 5.75 Å². The van der Waals surface area contributed by atoms with E-state index in [1.165, 1.54) is 0 Å². The van der Waals surface area contributed by atoms with Crippen LogP contribution in [0.5, 0.6) is 5.75 Å². The molecular formula is C19H25N3O3. The summed E-state index contributed by atoms with van der Waals surface area (Å²) in [6, 6.07) is 7.90. The summed E-state index contributed by atoms with van der Waals surface area (Å²) in [5, 5.41) is 10.3. The number of rotatable bonds is 6. The molecule has 0 aliphatic carbocycles. The van der Waals surface area contributed by atoms with Gasteiger partial charge < -0.3 is 19.9 Å². The van der Waals surface area contributed by atoms with Gasteiger partial charge in [-0.05, 0) is 50.9 Å². The molecule has 3 rings (SSSR count). The molecule has 1 amide bonds. The van der Waals surface area contributed by atoms with Crippen LogP contribution in [-0.4, -0.2) is 30.2 Å². The number of amides is 1. The monoisotopic (exact) mass is 343 g/mol. The first-order valence-electron chi connectivity index (χ1n) is 8.75. The number of carbonyl (C=O) groups excluding carboxylic acids is 1. The van der Waals surface area contributed by atoms with Gasteiger partial charge in [-0.2, -0.15) is 0 Å². The zero-order chi connectivity index (χ0) is 17.6. The lowest BCUT2D eigenvalue weighted by Crippen LogP contribution is -2.46. The predicted molar refractivity (Wildman–Crippen MR) is 94.5 cm³/mol. The highest BCUT2D eigenvalue weighted by Crippen LogP contribution is 2.18. The smallest absolute Gasteiger partial charge is 0.224 e. The molecule has 2 aromatic rings. The Balaban J connectivity index is 1.49. The Morgan fingerprint density at radius 2 is 2.16 bits per heavy atom. The largest absolute Gasteiger partial charge is 0.489 e. The molecule has 6 heteroatoms. The van der Waals surface area contributed by atoms with Gasteiger partial charge in [-0.1, -0.05) is 17.3 Å². The molecule has 134 valence electrons. The number of aryl methyl sites for hydroxylation is 2. The third-order valence-corrected chi connectivity index (χ3v) is 4.51. The lowest BCUT2D eigenvalue weighted by molar-refractivity contribution is -0.121. The van der Waals surface area contributed by atoms with E-state index in [4.69, 9.17) is 9.26 Å². The highest BCUT2D eigenvalue weighted by Gasteiger charge is 2.15. The molecular weight excluding hydrogens is 318 g/mol. The quantitative estimate of drug-likeness (QED) is 0.841. The average molecular weight is 343 g/mol. The third-order valence-electron chi connectivity index (χ3n) is 4.51. The van der Waals surface area contributed by atoms with E-state index in [2.05, 4.69) is 15.8 Å². The summed E-state index contributed by atoms with van der Waals surface area (Å²) in [6.45, 7) is 6.11. The average Bonchev–Trinajstić information content (AvgIpc) is 2.93. The molecule has 25 heavy (non-hydrogen) atoms. The van der Waals surface area contributed by atoms with Crippen LogP contribution >= 0.6 is 0 Å². The lowest BCUT2D eigenvalue weighted by atomic mass is 10.1. The fraction of sp³-hybridized carbons (Fsp3) is 0.474. The van der Waals surface area contributed by atoms with Crippen molar-refractivity contribution in [3.05, 3.63) is 46.8 Å². The molecule has 1 aliphatic rings. The van der Waals surface area contributed by atoms with Gasteiger partial charge >= 0.3 is 0 Å². The van der Waals surface area contributed by atoms with Crippen LogP contribution in [0.15, 0.2) is 28.8 Å². The summed E-state index contributed by atoms with van der Waals surface area (Å²) in [5.41, 5.74) is 2.80. The molecule has 1 atom stereocenters. The molecule has 0 spiro atoms. The summed E-state index contributed by atoms with van der Waals surface area (Å²) in [4.78, 5) is 12.1. The molecule has 1 aromatic carbocycles. The zero-order valence-corrected chi connectivity index (χ0v) is 14.8. The molecule has 1 aliphatic heterocycles. The lowest BCUT2D eigenvalue weighted by Gasteiger charge is -2.23. The Bertz CT molecular complexity index is 684. The van der Waals surface area contributed by atoms with Gasteiger partial charge in [0.2, 0.25) is 5.91 Å². The van der Waals surface area contributed by atoms with Gasteiger partial charge in [-0.25, -0.2) is 0 Å². The second-order valence-electron chi connectivity index (χ2n) is 6.52. The van der Waals surface area contributed by atoms with Crippen LogP contribution in [0.3, 0.4) is 0 Å². The minimum atomic E-state index is 0.0677. The highest BCUT2D eigenvalue weighted by atomic mass is 16.5. The molecule has 2 N–H and O–H groups in total. The SMILES string of the molecule is Cc1noc(C)c1COc1ccc(CC(=O)N[C@H]2CCCNC2)cc1. The molecule has 0 unspecified atom stereocenters. The van der Waals surface area contributed by atoms with Gasteiger partial charge in [0, 0.05) is 12.6 Å². The molecule has 0 radical (unpaired) electrons. The maximum absolute atomic E-state index is 12.1. The molecule has 0 saturated carbocycles. The summed E-state index contributed by atoms with van der Waals surface area (Å²) in [6.07, 6.45) is 2.55. The highest BCUT2D eigenvalue weighted by molar-refractivity contribution is 5.78. The van der Waals surface area contributed by atoms with Crippen LogP contribution in [0, 0.1) is 13.8 Å². The first-order valence-corrected chi connectivity index (χ1v) is 8.75. The van der Waals surface area contributed by atoms with E-state index in [1.807, 2.05) is 38.1 Å². The maximum atomic E-state index is 12.1. The molecule has 1 saturated heterocycles. The van der Waals surface area contributed by atoms with E-state index < -0.39 is 0 Å². The Labute approximate surface area is 147 Å². The number of carbonyl (C=O) groups is 1. The van der Waals surface area contributed by atoms with Crippen molar-refractivity contribution in [2.24, 2.45) is 0 Å². The topological polar surface area (TPSA) is 76.4 Å². The number of hydrogen-bond donors (Lipinski definition) is 2. The Morgan fingerprint density at radius 1 is 1.36 bits per heavy atom. The van der Waals surface area contributed by atoms with Crippen molar-refractivity contribution in [2.75, 3.05) is 13.1 Å². The van der Waals surface area contributed by atoms with Gasteiger partial charge in [-0.3, -0.25) is 4.79 Å². The summed E-state index contributed by atoms with van der Waals surface area (Å²) in [5.74, 6) is 1.61. The summed E-state index contributed by atoms with van der Waals surface area (Å²) in [7, 11) is 0. The number of ether oxygens (including phenoxy) is 1. The first kappa shape index (κ1) is 17.5. The Hall–Kier alpha value is -2.34. The fourth-order valence-corrected chi connectivity index (χ4v) is 3.01. The van der Waals surface area contributed by atoms with Crippen LogP contribution in [0.25, 0.3) is 0 Å². The number of hydrogen-bond acceptors (Lipinski definition) is 5. The van der Waals surface area contributed by atoms with E-state index in [1.54, 1.807) is 0 Å². The fourth-order valence-electron chi connectivity index (χ4n) is 3.01. The van der Waals surface area contributed by atoms with E-state index in [0.29, 0.717) is 13.0 Å². The van der Waals surface area contributed by atoms with Gasteiger partial charge in [0.15, 0.2) is 0 Å². The van der Waals surface area contributed by atoms with Gasteiger partial charge in [-0.15, -0.1) is 0 Å². The van der Waals surface area contributed by atoms with Crippen LogP contribution < -0.4 is 15.4 Å². The van der Waals surface area contributed by atoms with Crippen LogP contribution in [0.1, 0.15) is 35.4 Å². The molecule has 1 fully saturated rings. The van der Waals surface area contributed by atoms with Crippen molar-refractivity contribution >= 4 is 5.91 Å². The maximum Gasteiger partial charge on any atom is 0.224 e. The van der Waals surface area contributed by atoms with Crippen molar-refractivity contribution in [1.82, 2.24) is 15.8 Å². The second-order valence-corrected chi connectivity index (χ2v) is 6.52. The van der Waals surface area contributed by atoms with Crippen molar-refractivity contribution in [2.45, 2.75) is 45.8 Å². The van der Waals surface area contributed by atoms with Crippen molar-refractivity contribution in [3.63, 3.8) is 0 Å². The third kappa shape index (κ3) is 4.82.